The first kappa shape index (κ1) is 18.5. The molecule has 6 nitrogen and oxygen atoms in total. The molecule has 30 heavy (non-hydrogen) atoms. The van der Waals surface area contributed by atoms with E-state index < -0.39 is 4.92 Å². The van der Waals surface area contributed by atoms with Gasteiger partial charge >= 0.3 is 0 Å². The van der Waals surface area contributed by atoms with Gasteiger partial charge in [-0.3, -0.25) is 19.9 Å². The number of nitro benzene ring substituents is 1. The fraction of sp³-hybridized carbons (Fsp3) is 0.250. The van der Waals surface area contributed by atoms with Gasteiger partial charge in [0.25, 0.3) is 5.69 Å². The van der Waals surface area contributed by atoms with Crippen LogP contribution in [-0.4, -0.2) is 15.7 Å². The average Bonchev–Trinajstić information content (AvgIpc) is 2.72. The highest BCUT2D eigenvalue weighted by atomic mass is 16.6. The van der Waals surface area contributed by atoms with E-state index in [4.69, 9.17) is 0 Å². The van der Waals surface area contributed by atoms with Gasteiger partial charge in [-0.05, 0) is 53.3 Å². The zero-order valence-electron chi connectivity index (χ0n) is 16.8. The second kappa shape index (κ2) is 6.49. The van der Waals surface area contributed by atoms with E-state index in [9.17, 15) is 14.9 Å². The molecule has 1 aromatic heterocycles. The lowest BCUT2D eigenvalue weighted by Gasteiger charge is -2.40. The van der Waals surface area contributed by atoms with Crippen LogP contribution in [0.25, 0.3) is 16.5 Å². The van der Waals surface area contributed by atoms with E-state index in [0.29, 0.717) is 6.42 Å². The smallest absolute Gasteiger partial charge is 0.269 e. The van der Waals surface area contributed by atoms with E-state index >= 15 is 0 Å². The van der Waals surface area contributed by atoms with Crippen molar-refractivity contribution >= 4 is 33.6 Å². The Morgan fingerprint density at radius 2 is 1.87 bits per heavy atom. The Hall–Kier alpha value is -3.54. The van der Waals surface area contributed by atoms with Crippen LogP contribution in [0.2, 0.25) is 0 Å². The second-order valence-electron chi connectivity index (χ2n) is 8.82. The van der Waals surface area contributed by atoms with Gasteiger partial charge in [0.2, 0.25) is 0 Å². The number of allylic oxidation sites excluding steroid dienone is 1. The summed E-state index contributed by atoms with van der Waals surface area (Å²) in [4.78, 5) is 28.5. The SMILES string of the molecule is CC1(C)CC(=O)C2=C(C1)c1c(ccc3ncccc13)NC2c1ccc([N+](=O)[O-])cc1. The first-order valence-electron chi connectivity index (χ1n) is 9.99. The van der Waals surface area contributed by atoms with Crippen LogP contribution in [-0.2, 0) is 4.79 Å². The number of Topliss-reactive ketones (excluding diaryl/α,β-unsaturated/α-hetero) is 1. The highest BCUT2D eigenvalue weighted by Crippen LogP contribution is 2.51. The van der Waals surface area contributed by atoms with Crippen LogP contribution in [0.5, 0.6) is 0 Å². The number of nitrogens with one attached hydrogen (secondary N) is 1. The van der Waals surface area contributed by atoms with Gasteiger partial charge in [-0.25, -0.2) is 0 Å². The molecule has 0 spiro atoms. The zero-order chi connectivity index (χ0) is 21.0. The van der Waals surface area contributed by atoms with Gasteiger partial charge in [-0.1, -0.05) is 19.9 Å². The molecule has 0 saturated heterocycles. The number of carbonyl (C=O) groups excluding carboxylic acids is 1. The minimum Gasteiger partial charge on any atom is -0.373 e. The fourth-order valence-electron chi connectivity index (χ4n) is 4.76. The lowest BCUT2D eigenvalue weighted by atomic mass is 9.68. The number of anilines is 1. The summed E-state index contributed by atoms with van der Waals surface area (Å²) in [7, 11) is 0. The van der Waals surface area contributed by atoms with Gasteiger partial charge < -0.3 is 5.32 Å². The van der Waals surface area contributed by atoms with Crippen LogP contribution in [0.15, 0.2) is 60.3 Å². The lowest BCUT2D eigenvalue weighted by Crippen LogP contribution is -2.33. The van der Waals surface area contributed by atoms with Gasteiger partial charge in [0.1, 0.15) is 0 Å². The average molecular weight is 399 g/mol. The summed E-state index contributed by atoms with van der Waals surface area (Å²) >= 11 is 0. The predicted octanol–water partition coefficient (Wildman–Crippen LogP) is 5.45. The summed E-state index contributed by atoms with van der Waals surface area (Å²) in [5.41, 5.74) is 5.50. The molecule has 1 atom stereocenters. The van der Waals surface area contributed by atoms with Crippen LogP contribution in [0.3, 0.4) is 0 Å². The normalized spacial score (nSPS) is 19.8. The number of nitro groups is 1. The Bertz CT molecular complexity index is 1240. The maximum Gasteiger partial charge on any atom is 0.269 e. The van der Waals surface area contributed by atoms with Gasteiger partial charge in [0.05, 0.1) is 16.5 Å². The molecule has 0 saturated carbocycles. The summed E-state index contributed by atoms with van der Waals surface area (Å²) in [6.07, 6.45) is 3.05. The highest BCUT2D eigenvalue weighted by molar-refractivity contribution is 6.12. The molecule has 5 rings (SSSR count). The maximum absolute atomic E-state index is 13.3. The minimum absolute atomic E-state index is 0.0392. The van der Waals surface area contributed by atoms with E-state index in [1.54, 1.807) is 18.3 Å². The largest absolute Gasteiger partial charge is 0.373 e. The number of hydrogen-bond acceptors (Lipinski definition) is 5. The van der Waals surface area contributed by atoms with Crippen molar-refractivity contribution in [3.8, 4) is 0 Å². The molecule has 3 aromatic rings. The maximum atomic E-state index is 13.3. The summed E-state index contributed by atoms with van der Waals surface area (Å²) in [5.74, 6) is 0.128. The summed E-state index contributed by atoms with van der Waals surface area (Å²) in [6, 6.07) is 14.1. The molecular formula is C24H21N3O3. The molecule has 2 aliphatic rings. The number of non-ortho nitro benzene ring substituents is 1. The molecule has 1 N–H and O–H groups in total. The Morgan fingerprint density at radius 1 is 1.10 bits per heavy atom. The third-order valence-electron chi connectivity index (χ3n) is 6.03. The van der Waals surface area contributed by atoms with E-state index in [2.05, 4.69) is 24.1 Å². The van der Waals surface area contributed by atoms with Crippen LogP contribution in [0, 0.1) is 15.5 Å². The topological polar surface area (TPSA) is 85.1 Å². The number of nitrogens with zero attached hydrogens (tertiary/aromatic N) is 2. The van der Waals surface area contributed by atoms with E-state index in [1.807, 2.05) is 24.3 Å². The number of rotatable bonds is 2. The zero-order valence-corrected chi connectivity index (χ0v) is 16.8. The lowest BCUT2D eigenvalue weighted by molar-refractivity contribution is -0.384. The quantitative estimate of drug-likeness (QED) is 0.457. The van der Waals surface area contributed by atoms with Crippen molar-refractivity contribution in [3.63, 3.8) is 0 Å². The Balaban J connectivity index is 1.74. The van der Waals surface area contributed by atoms with Crippen LogP contribution >= 0.6 is 0 Å². The first-order valence-corrected chi connectivity index (χ1v) is 9.99. The molecule has 150 valence electrons. The van der Waals surface area contributed by atoms with E-state index in [-0.39, 0.29) is 22.9 Å². The molecule has 2 heterocycles. The third kappa shape index (κ3) is 2.87. The van der Waals surface area contributed by atoms with Crippen molar-refractivity contribution < 1.29 is 9.72 Å². The van der Waals surface area contributed by atoms with Crippen molar-refractivity contribution in [2.75, 3.05) is 5.32 Å². The summed E-state index contributed by atoms with van der Waals surface area (Å²) < 4.78 is 0. The van der Waals surface area contributed by atoms with E-state index in [0.717, 1.165) is 45.3 Å². The van der Waals surface area contributed by atoms with Crippen molar-refractivity contribution in [2.45, 2.75) is 32.7 Å². The standard InChI is InChI=1S/C24H21N3O3/c1-24(2)12-17-21-16-4-3-11-25-18(16)9-10-19(21)26-23(22(17)20(28)13-24)14-5-7-15(8-6-14)27(29)30/h3-11,23,26H,12-13H2,1-2H3. The van der Waals surface area contributed by atoms with Crippen molar-refractivity contribution in [3.05, 3.63) is 81.5 Å². The van der Waals surface area contributed by atoms with Crippen molar-refractivity contribution in [1.82, 2.24) is 4.98 Å². The number of carbonyl (C=O) groups is 1. The number of aromatic nitrogens is 1. The Morgan fingerprint density at radius 3 is 2.60 bits per heavy atom. The van der Waals surface area contributed by atoms with Crippen LogP contribution in [0.4, 0.5) is 11.4 Å². The molecule has 0 amide bonds. The number of benzene rings is 2. The minimum atomic E-state index is -0.411. The number of fused-ring (bicyclic) bond motifs is 4. The van der Waals surface area contributed by atoms with Crippen molar-refractivity contribution in [2.24, 2.45) is 5.41 Å². The summed E-state index contributed by atoms with van der Waals surface area (Å²) in [6.45, 7) is 4.25. The van der Waals surface area contributed by atoms with Gasteiger partial charge in [0.15, 0.2) is 5.78 Å². The molecular weight excluding hydrogens is 378 g/mol. The molecule has 0 bridgehead atoms. The Labute approximate surface area is 173 Å². The van der Waals surface area contributed by atoms with Crippen LogP contribution < -0.4 is 5.32 Å². The van der Waals surface area contributed by atoms with Gasteiger partial charge in [0, 0.05) is 47.0 Å². The second-order valence-corrected chi connectivity index (χ2v) is 8.82. The molecule has 2 aromatic carbocycles. The Kier molecular flexibility index (Phi) is 4.00. The molecule has 6 heteroatoms. The molecule has 0 fully saturated rings. The molecule has 1 aliphatic carbocycles. The van der Waals surface area contributed by atoms with E-state index in [1.165, 1.54) is 12.1 Å². The highest BCUT2D eigenvalue weighted by Gasteiger charge is 2.40. The summed E-state index contributed by atoms with van der Waals surface area (Å²) in [5, 5.41) is 15.6. The predicted molar refractivity (Wildman–Crippen MR) is 116 cm³/mol. The molecule has 1 unspecified atom stereocenters. The van der Waals surface area contributed by atoms with Crippen LogP contribution in [0.1, 0.15) is 43.9 Å². The number of ketones is 1. The third-order valence-corrected chi connectivity index (χ3v) is 6.03. The van der Waals surface area contributed by atoms with Gasteiger partial charge in [-0.2, -0.15) is 0 Å². The monoisotopic (exact) mass is 399 g/mol. The molecule has 0 radical (unpaired) electrons. The number of pyridine rings is 1. The van der Waals surface area contributed by atoms with Gasteiger partial charge in [-0.15, -0.1) is 0 Å². The molecule has 1 aliphatic heterocycles. The fourth-order valence-corrected chi connectivity index (χ4v) is 4.76. The van der Waals surface area contributed by atoms with Crippen molar-refractivity contribution in [1.29, 1.82) is 0 Å². The number of hydrogen-bond donors (Lipinski definition) is 1. The first-order chi connectivity index (χ1) is 14.3.